The lowest BCUT2D eigenvalue weighted by Crippen LogP contribution is -2.49. The summed E-state index contributed by atoms with van der Waals surface area (Å²) in [4.78, 5) is 0. The Morgan fingerprint density at radius 1 is 1.43 bits per heavy atom. The maximum absolute atomic E-state index is 13.1. The van der Waals surface area contributed by atoms with E-state index in [0.717, 1.165) is 6.92 Å². The van der Waals surface area contributed by atoms with Gasteiger partial charge in [0, 0.05) is 0 Å². The van der Waals surface area contributed by atoms with E-state index in [1.54, 1.807) is 0 Å². The fourth-order valence-corrected chi connectivity index (χ4v) is 0.947. The molecule has 0 aliphatic carbocycles. The number of aliphatic hydroxyl groups is 1. The molecule has 1 saturated heterocycles. The van der Waals surface area contributed by atoms with Gasteiger partial charge in [0.05, 0.1) is 13.2 Å². The minimum atomic E-state index is -4.30. The van der Waals surface area contributed by atoms with Crippen LogP contribution in [0.15, 0.2) is 12.2 Å². The molecule has 82 valence electrons. The zero-order valence-electron chi connectivity index (χ0n) is 7.44. The number of aliphatic hydroxyl groups excluding tert-OH is 1. The SMILES string of the molecule is CC1(C(F)(F)C(F)(F)/C=C/CO)CO1. The molecule has 0 bridgehead atoms. The molecule has 0 aromatic carbocycles. The molecule has 0 aromatic heterocycles. The van der Waals surface area contributed by atoms with Crippen molar-refractivity contribution in [3.8, 4) is 0 Å². The molecule has 1 heterocycles. The number of hydrogen-bond acceptors (Lipinski definition) is 2. The first-order valence-electron chi connectivity index (χ1n) is 3.95. The first-order valence-corrected chi connectivity index (χ1v) is 3.95. The van der Waals surface area contributed by atoms with Gasteiger partial charge in [0.2, 0.25) is 0 Å². The number of alkyl halides is 4. The summed E-state index contributed by atoms with van der Waals surface area (Å²) in [5.74, 6) is -8.56. The number of ether oxygens (including phenoxy) is 1. The van der Waals surface area contributed by atoms with Crippen molar-refractivity contribution in [2.75, 3.05) is 13.2 Å². The van der Waals surface area contributed by atoms with E-state index < -0.39 is 24.1 Å². The zero-order chi connectivity index (χ0) is 11.0. The van der Waals surface area contributed by atoms with Crippen molar-refractivity contribution in [2.45, 2.75) is 24.4 Å². The Balaban J connectivity index is 2.84. The second-order valence-electron chi connectivity index (χ2n) is 3.30. The summed E-state index contributed by atoms with van der Waals surface area (Å²) in [5.41, 5.74) is -2.09. The molecule has 14 heavy (non-hydrogen) atoms. The van der Waals surface area contributed by atoms with E-state index in [1.165, 1.54) is 0 Å². The summed E-state index contributed by atoms with van der Waals surface area (Å²) in [6.45, 7) is -0.167. The van der Waals surface area contributed by atoms with E-state index in [-0.39, 0.29) is 12.7 Å². The first-order chi connectivity index (χ1) is 6.27. The van der Waals surface area contributed by atoms with Gasteiger partial charge in [0.15, 0.2) is 5.60 Å². The Morgan fingerprint density at radius 2 is 1.93 bits per heavy atom. The molecule has 0 saturated carbocycles. The van der Waals surface area contributed by atoms with Crippen LogP contribution in [0.3, 0.4) is 0 Å². The van der Waals surface area contributed by atoms with E-state index in [1.807, 2.05) is 0 Å². The lowest BCUT2D eigenvalue weighted by Gasteiger charge is -2.27. The van der Waals surface area contributed by atoms with E-state index in [9.17, 15) is 17.6 Å². The van der Waals surface area contributed by atoms with Crippen LogP contribution in [0, 0.1) is 0 Å². The van der Waals surface area contributed by atoms with Gasteiger partial charge in [0.25, 0.3) is 0 Å². The fraction of sp³-hybridized carbons (Fsp3) is 0.750. The zero-order valence-corrected chi connectivity index (χ0v) is 7.44. The van der Waals surface area contributed by atoms with Crippen LogP contribution >= 0.6 is 0 Å². The van der Waals surface area contributed by atoms with Gasteiger partial charge in [-0.15, -0.1) is 0 Å². The van der Waals surface area contributed by atoms with Gasteiger partial charge >= 0.3 is 11.8 Å². The Labute approximate surface area is 78.2 Å². The van der Waals surface area contributed by atoms with E-state index in [0.29, 0.717) is 6.08 Å². The van der Waals surface area contributed by atoms with E-state index >= 15 is 0 Å². The molecule has 0 amide bonds. The summed E-state index contributed by atoms with van der Waals surface area (Å²) < 4.78 is 56.3. The summed E-state index contributed by atoms with van der Waals surface area (Å²) >= 11 is 0. The highest BCUT2D eigenvalue weighted by molar-refractivity contribution is 5.14. The van der Waals surface area contributed by atoms with Crippen molar-refractivity contribution in [3.05, 3.63) is 12.2 Å². The van der Waals surface area contributed by atoms with Crippen molar-refractivity contribution in [1.82, 2.24) is 0 Å². The molecule has 1 aliphatic rings. The number of allylic oxidation sites excluding steroid dienone is 1. The summed E-state index contributed by atoms with van der Waals surface area (Å²) in [6.07, 6.45) is 0.583. The van der Waals surface area contributed by atoms with E-state index in [2.05, 4.69) is 4.74 Å². The standard InChI is InChI=1S/C8H10F4O2/c1-6(5-14-6)8(11,12)7(9,10)3-2-4-13/h2-3,13H,4-5H2,1H3/b3-2+. The van der Waals surface area contributed by atoms with Gasteiger partial charge in [-0.05, 0) is 13.0 Å². The monoisotopic (exact) mass is 214 g/mol. The highest BCUT2D eigenvalue weighted by Gasteiger charge is 2.72. The van der Waals surface area contributed by atoms with Crippen molar-refractivity contribution in [2.24, 2.45) is 0 Å². The van der Waals surface area contributed by atoms with Crippen LogP contribution in [0.5, 0.6) is 0 Å². The van der Waals surface area contributed by atoms with Crippen molar-refractivity contribution in [1.29, 1.82) is 0 Å². The molecule has 0 aromatic rings. The molecule has 1 unspecified atom stereocenters. The molecular formula is C8H10F4O2. The predicted molar refractivity (Wildman–Crippen MR) is 40.5 cm³/mol. The molecular weight excluding hydrogens is 204 g/mol. The fourth-order valence-electron chi connectivity index (χ4n) is 0.947. The Kier molecular flexibility index (Phi) is 2.62. The number of hydrogen-bond donors (Lipinski definition) is 1. The van der Waals surface area contributed by atoms with Gasteiger partial charge in [-0.2, -0.15) is 17.6 Å². The molecule has 1 fully saturated rings. The average molecular weight is 214 g/mol. The third-order valence-corrected chi connectivity index (χ3v) is 2.09. The topological polar surface area (TPSA) is 32.8 Å². The highest BCUT2D eigenvalue weighted by Crippen LogP contribution is 2.51. The predicted octanol–water partition coefficient (Wildman–Crippen LogP) is 1.59. The second kappa shape index (κ2) is 3.20. The molecule has 6 heteroatoms. The van der Waals surface area contributed by atoms with Crippen LogP contribution in [0.1, 0.15) is 6.92 Å². The van der Waals surface area contributed by atoms with Gasteiger partial charge in [-0.3, -0.25) is 0 Å². The van der Waals surface area contributed by atoms with E-state index in [4.69, 9.17) is 5.11 Å². The van der Waals surface area contributed by atoms with Gasteiger partial charge in [-0.1, -0.05) is 6.08 Å². The smallest absolute Gasteiger partial charge is 0.344 e. The summed E-state index contributed by atoms with van der Waals surface area (Å²) in [6, 6.07) is 0. The molecule has 1 aliphatic heterocycles. The largest absolute Gasteiger partial charge is 0.392 e. The summed E-state index contributed by atoms with van der Waals surface area (Å²) in [7, 11) is 0. The molecule has 1 N–H and O–H groups in total. The van der Waals surface area contributed by atoms with Crippen molar-refractivity contribution < 1.29 is 27.4 Å². The normalized spacial score (nSPS) is 28.4. The lowest BCUT2D eigenvalue weighted by molar-refractivity contribution is -0.212. The summed E-state index contributed by atoms with van der Waals surface area (Å²) in [5, 5.41) is 8.22. The van der Waals surface area contributed by atoms with Crippen molar-refractivity contribution in [3.63, 3.8) is 0 Å². The maximum Gasteiger partial charge on any atom is 0.344 e. The number of rotatable bonds is 4. The third-order valence-electron chi connectivity index (χ3n) is 2.09. The number of halogens is 4. The minimum absolute atomic E-state index is 0.0000694. The Bertz CT molecular complexity index is 246. The van der Waals surface area contributed by atoms with Gasteiger partial charge in [0.1, 0.15) is 0 Å². The van der Waals surface area contributed by atoms with Gasteiger partial charge in [-0.25, -0.2) is 0 Å². The van der Waals surface area contributed by atoms with Gasteiger partial charge < -0.3 is 9.84 Å². The Morgan fingerprint density at radius 3 is 2.29 bits per heavy atom. The van der Waals surface area contributed by atoms with Crippen LogP contribution in [0.4, 0.5) is 17.6 Å². The Hall–Kier alpha value is -0.620. The number of epoxide rings is 1. The molecule has 2 nitrogen and oxygen atoms in total. The van der Waals surface area contributed by atoms with Crippen LogP contribution in [-0.2, 0) is 4.74 Å². The minimum Gasteiger partial charge on any atom is -0.392 e. The van der Waals surface area contributed by atoms with Crippen LogP contribution in [-0.4, -0.2) is 35.8 Å². The maximum atomic E-state index is 13.1. The quantitative estimate of drug-likeness (QED) is 0.438. The third kappa shape index (κ3) is 1.64. The molecule has 0 radical (unpaired) electrons. The van der Waals surface area contributed by atoms with Crippen LogP contribution < -0.4 is 0 Å². The van der Waals surface area contributed by atoms with Crippen molar-refractivity contribution >= 4 is 0 Å². The van der Waals surface area contributed by atoms with Crippen LogP contribution in [0.25, 0.3) is 0 Å². The molecule has 1 rings (SSSR count). The molecule has 0 spiro atoms. The lowest BCUT2D eigenvalue weighted by atomic mass is 9.98. The van der Waals surface area contributed by atoms with Crippen LogP contribution in [0.2, 0.25) is 0 Å². The first kappa shape index (κ1) is 11.5. The second-order valence-corrected chi connectivity index (χ2v) is 3.30. The average Bonchev–Trinajstić information content (AvgIpc) is 2.81. The highest BCUT2D eigenvalue weighted by atomic mass is 19.3. The molecule has 1 atom stereocenters.